The highest BCUT2D eigenvalue weighted by atomic mass is 79.9. The highest BCUT2D eigenvalue weighted by molar-refractivity contribution is 9.10. The number of nitro groups is 1. The van der Waals surface area contributed by atoms with Crippen LogP contribution in [-0.4, -0.2) is 15.9 Å². The molecule has 0 aliphatic heterocycles. The number of rotatable bonds is 3. The second-order valence-electron chi connectivity index (χ2n) is 4.22. The molecule has 1 aliphatic rings. The van der Waals surface area contributed by atoms with Crippen LogP contribution in [0.5, 0.6) is 0 Å². The zero-order valence-corrected chi connectivity index (χ0v) is 10.4. The van der Waals surface area contributed by atoms with Gasteiger partial charge in [0.05, 0.1) is 4.92 Å². The summed E-state index contributed by atoms with van der Waals surface area (Å²) in [4.78, 5) is 14.8. The van der Waals surface area contributed by atoms with Crippen molar-refractivity contribution in [3.05, 3.63) is 32.5 Å². The van der Waals surface area contributed by atoms with Crippen LogP contribution in [0.4, 0.5) is 5.69 Å². The number of aromatic nitrogens is 1. The van der Waals surface area contributed by atoms with E-state index >= 15 is 0 Å². The second kappa shape index (κ2) is 3.78. The number of hydrogen-bond acceptors (Lipinski definition) is 4. The molecule has 1 fully saturated rings. The highest BCUT2D eigenvalue weighted by Gasteiger charge is 2.52. The number of halogens is 1. The molecule has 1 atom stereocenters. The van der Waals surface area contributed by atoms with Gasteiger partial charge in [0.25, 0.3) is 5.69 Å². The van der Waals surface area contributed by atoms with Crippen molar-refractivity contribution >= 4 is 21.6 Å². The van der Waals surface area contributed by atoms with Crippen LogP contribution in [0.3, 0.4) is 0 Å². The Labute approximate surface area is 101 Å². The fourth-order valence-corrected chi connectivity index (χ4v) is 2.31. The number of hydrogen-bond donors (Lipinski definition) is 1. The molecule has 16 heavy (non-hydrogen) atoms. The Morgan fingerprint density at radius 2 is 2.31 bits per heavy atom. The molecule has 1 saturated carbocycles. The lowest BCUT2D eigenvalue weighted by atomic mass is 9.93. The minimum atomic E-state index is -0.393. The first-order chi connectivity index (χ1) is 7.47. The molecule has 0 aromatic carbocycles. The van der Waals surface area contributed by atoms with Crippen molar-refractivity contribution in [2.75, 3.05) is 0 Å². The topological polar surface area (TPSA) is 82.0 Å². The van der Waals surface area contributed by atoms with E-state index in [2.05, 4.69) is 20.9 Å². The first kappa shape index (κ1) is 11.5. The number of nitrogens with zero attached hydrogens (tertiary/aromatic N) is 2. The SMILES string of the molecule is CC(N)C1(c2ncc(Br)cc2[N+](=O)[O-])CC1. The van der Waals surface area contributed by atoms with Gasteiger partial charge in [-0.3, -0.25) is 15.1 Å². The third-order valence-corrected chi connectivity index (χ3v) is 3.60. The van der Waals surface area contributed by atoms with Crippen molar-refractivity contribution in [3.8, 4) is 0 Å². The summed E-state index contributed by atoms with van der Waals surface area (Å²) in [6.07, 6.45) is 3.34. The lowest BCUT2D eigenvalue weighted by Gasteiger charge is -2.18. The third kappa shape index (κ3) is 1.72. The van der Waals surface area contributed by atoms with Crippen LogP contribution in [0.1, 0.15) is 25.5 Å². The minimum absolute atomic E-state index is 0.0594. The quantitative estimate of drug-likeness (QED) is 0.681. The van der Waals surface area contributed by atoms with Gasteiger partial charge in [-0.15, -0.1) is 0 Å². The number of pyridine rings is 1. The Kier molecular flexibility index (Phi) is 2.71. The van der Waals surface area contributed by atoms with Crippen LogP contribution in [-0.2, 0) is 5.41 Å². The summed E-state index contributed by atoms with van der Waals surface area (Å²) in [5.41, 5.74) is 6.19. The maximum Gasteiger partial charge on any atom is 0.292 e. The van der Waals surface area contributed by atoms with E-state index in [0.717, 1.165) is 12.8 Å². The highest BCUT2D eigenvalue weighted by Crippen LogP contribution is 2.52. The van der Waals surface area contributed by atoms with Gasteiger partial charge in [-0.25, -0.2) is 0 Å². The average Bonchev–Trinajstić information content (AvgIpc) is 2.98. The van der Waals surface area contributed by atoms with E-state index in [9.17, 15) is 10.1 Å². The van der Waals surface area contributed by atoms with Crippen LogP contribution in [0, 0.1) is 10.1 Å². The van der Waals surface area contributed by atoms with E-state index < -0.39 is 4.92 Å². The normalized spacial score (nSPS) is 19.2. The molecular weight excluding hydrogens is 274 g/mol. The molecule has 1 aliphatic carbocycles. The molecule has 1 unspecified atom stereocenters. The van der Waals surface area contributed by atoms with E-state index in [1.54, 1.807) is 6.20 Å². The maximum absolute atomic E-state index is 11.0. The zero-order valence-electron chi connectivity index (χ0n) is 8.81. The summed E-state index contributed by atoms with van der Waals surface area (Å²) in [6.45, 7) is 1.88. The summed E-state index contributed by atoms with van der Waals surface area (Å²) in [5, 5.41) is 11.0. The first-order valence-corrected chi connectivity index (χ1v) is 5.83. The summed E-state index contributed by atoms with van der Waals surface area (Å²) in [5.74, 6) is 0. The molecule has 2 N–H and O–H groups in total. The van der Waals surface area contributed by atoms with Crippen molar-refractivity contribution < 1.29 is 4.92 Å². The molecule has 1 aromatic heterocycles. The molecular formula is C10H12BrN3O2. The fraction of sp³-hybridized carbons (Fsp3) is 0.500. The van der Waals surface area contributed by atoms with Crippen molar-refractivity contribution in [1.29, 1.82) is 0 Å². The van der Waals surface area contributed by atoms with Gasteiger partial charge in [-0.1, -0.05) is 0 Å². The molecule has 0 spiro atoms. The van der Waals surface area contributed by atoms with Gasteiger partial charge in [0, 0.05) is 28.2 Å². The van der Waals surface area contributed by atoms with E-state index in [-0.39, 0.29) is 17.1 Å². The van der Waals surface area contributed by atoms with Gasteiger partial charge in [0.15, 0.2) is 0 Å². The zero-order chi connectivity index (χ0) is 11.9. The lowest BCUT2D eigenvalue weighted by molar-refractivity contribution is -0.386. The predicted octanol–water partition coefficient (Wildman–Crippen LogP) is 2.13. The molecule has 0 radical (unpaired) electrons. The molecule has 86 valence electrons. The van der Waals surface area contributed by atoms with E-state index in [1.807, 2.05) is 6.92 Å². The van der Waals surface area contributed by atoms with E-state index in [0.29, 0.717) is 10.2 Å². The lowest BCUT2D eigenvalue weighted by Crippen LogP contribution is -2.32. The summed E-state index contributed by atoms with van der Waals surface area (Å²) in [6, 6.07) is 1.38. The predicted molar refractivity (Wildman–Crippen MR) is 63.2 cm³/mol. The number of nitrogens with two attached hydrogens (primary N) is 1. The van der Waals surface area contributed by atoms with Gasteiger partial charge in [0.1, 0.15) is 5.69 Å². The van der Waals surface area contributed by atoms with Crippen molar-refractivity contribution in [2.45, 2.75) is 31.2 Å². The summed E-state index contributed by atoms with van der Waals surface area (Å²) in [7, 11) is 0. The third-order valence-electron chi connectivity index (χ3n) is 3.16. The Hall–Kier alpha value is -1.01. The Balaban J connectivity index is 2.53. The molecule has 5 nitrogen and oxygen atoms in total. The monoisotopic (exact) mass is 285 g/mol. The molecule has 6 heteroatoms. The first-order valence-electron chi connectivity index (χ1n) is 5.03. The van der Waals surface area contributed by atoms with Gasteiger partial charge < -0.3 is 5.73 Å². The van der Waals surface area contributed by atoms with Crippen LogP contribution in [0.25, 0.3) is 0 Å². The van der Waals surface area contributed by atoms with E-state index in [4.69, 9.17) is 5.73 Å². The molecule has 0 amide bonds. The van der Waals surface area contributed by atoms with Crippen LogP contribution >= 0.6 is 15.9 Å². The Morgan fingerprint density at radius 1 is 1.69 bits per heavy atom. The van der Waals surface area contributed by atoms with Crippen molar-refractivity contribution in [1.82, 2.24) is 4.98 Å². The molecule has 1 aromatic rings. The average molecular weight is 286 g/mol. The van der Waals surface area contributed by atoms with Crippen LogP contribution < -0.4 is 5.73 Å². The van der Waals surface area contributed by atoms with Gasteiger partial charge >= 0.3 is 0 Å². The summed E-state index contributed by atoms with van der Waals surface area (Å²) >= 11 is 3.19. The van der Waals surface area contributed by atoms with Gasteiger partial charge in [-0.2, -0.15) is 0 Å². The van der Waals surface area contributed by atoms with Crippen molar-refractivity contribution in [3.63, 3.8) is 0 Å². The summed E-state index contributed by atoms with van der Waals surface area (Å²) < 4.78 is 0.614. The van der Waals surface area contributed by atoms with Crippen LogP contribution in [0.15, 0.2) is 16.7 Å². The smallest absolute Gasteiger partial charge is 0.292 e. The van der Waals surface area contributed by atoms with E-state index in [1.165, 1.54) is 6.07 Å². The molecule has 1 heterocycles. The molecule has 2 rings (SSSR count). The second-order valence-corrected chi connectivity index (χ2v) is 5.14. The fourth-order valence-electron chi connectivity index (χ4n) is 1.99. The Morgan fingerprint density at radius 3 is 2.75 bits per heavy atom. The largest absolute Gasteiger partial charge is 0.327 e. The molecule has 0 bridgehead atoms. The maximum atomic E-state index is 11.0. The standard InChI is InChI=1S/C10H12BrN3O2/c1-6(12)10(2-3-10)9-8(14(15)16)4-7(11)5-13-9/h4-6H,2-3,12H2,1H3. The van der Waals surface area contributed by atoms with Crippen molar-refractivity contribution in [2.24, 2.45) is 5.73 Å². The molecule has 0 saturated heterocycles. The van der Waals surface area contributed by atoms with Gasteiger partial charge in [0.2, 0.25) is 0 Å². The minimum Gasteiger partial charge on any atom is -0.327 e. The van der Waals surface area contributed by atoms with Crippen LogP contribution in [0.2, 0.25) is 0 Å². The Bertz CT molecular complexity index is 444. The van der Waals surface area contributed by atoms with Gasteiger partial charge in [-0.05, 0) is 35.7 Å².